The van der Waals surface area contributed by atoms with Crippen molar-refractivity contribution >= 4 is 81.8 Å². The van der Waals surface area contributed by atoms with E-state index < -0.39 is 46.9 Å². The van der Waals surface area contributed by atoms with Crippen LogP contribution in [0.5, 0.6) is 11.5 Å². The van der Waals surface area contributed by atoms with Crippen molar-refractivity contribution in [2.24, 2.45) is 0 Å². The van der Waals surface area contributed by atoms with Crippen LogP contribution in [0.1, 0.15) is 63.2 Å². The summed E-state index contributed by atoms with van der Waals surface area (Å²) in [4.78, 5) is 44.8. The molecule has 0 bridgehead atoms. The Labute approximate surface area is 375 Å². The van der Waals surface area contributed by atoms with E-state index in [1.54, 1.807) is 0 Å². The Kier molecular flexibility index (Phi) is 27.2. The molecule has 3 N–H and O–H groups in total. The van der Waals surface area contributed by atoms with Gasteiger partial charge in [0.2, 0.25) is 17.9 Å². The van der Waals surface area contributed by atoms with E-state index in [2.05, 4.69) is 10.6 Å². The topological polar surface area (TPSA) is 140 Å². The molecular weight excluding hydrogens is 984 g/mol. The number of hydrogen-bond acceptors (Lipinski definition) is 8. The van der Waals surface area contributed by atoms with Gasteiger partial charge in [-0.2, -0.15) is 26.3 Å². The summed E-state index contributed by atoms with van der Waals surface area (Å²) in [5.41, 5.74) is -1.03. The van der Waals surface area contributed by atoms with Crippen molar-refractivity contribution in [3.8, 4) is 11.5 Å². The Morgan fingerprint density at radius 1 is 0.650 bits per heavy atom. The third-order valence-electron chi connectivity index (χ3n) is 6.80. The monoisotopic (exact) mass is 1030 g/mol. The molecule has 0 aliphatic heterocycles. The number of aliphatic hydroxyl groups is 1. The fourth-order valence-electron chi connectivity index (χ4n) is 4.22. The van der Waals surface area contributed by atoms with Crippen molar-refractivity contribution < 1.29 is 64.8 Å². The van der Waals surface area contributed by atoms with E-state index in [4.69, 9.17) is 54.1 Å². The normalized spacial score (nSPS) is 11.3. The van der Waals surface area contributed by atoms with Crippen LogP contribution in [0.25, 0.3) is 0 Å². The molecule has 0 aliphatic rings. The fraction of sp³-hybridized carbons (Fsp3) is 0.300. The smallest absolute Gasteiger partial charge is 0.416 e. The van der Waals surface area contributed by atoms with Gasteiger partial charge in [0.25, 0.3) is 5.24 Å². The molecule has 0 spiro atoms. The first-order valence-electron chi connectivity index (χ1n) is 16.4. The first-order valence-corrected chi connectivity index (χ1v) is 17.5. The summed E-state index contributed by atoms with van der Waals surface area (Å²) >= 11 is 17.1. The number of carbonyl (C=O) groups excluding carboxylic acids is 4. The zero-order valence-corrected chi connectivity index (χ0v) is 34.9. The Morgan fingerprint density at radius 2 is 1.03 bits per heavy atom. The van der Waals surface area contributed by atoms with Gasteiger partial charge < -0.3 is 30.0 Å². The van der Waals surface area contributed by atoms with Gasteiger partial charge in [-0.1, -0.05) is 74.5 Å². The maximum absolute atomic E-state index is 12.9. The summed E-state index contributed by atoms with van der Waals surface area (Å²) in [6.07, 6.45) is -11.6. The Morgan fingerprint density at radius 3 is 1.38 bits per heavy atom. The Hall–Kier alpha value is -4.30. The quantitative estimate of drug-likeness (QED) is 0.0396. The summed E-state index contributed by atoms with van der Waals surface area (Å²) in [7, 11) is 0. The highest BCUT2D eigenvalue weighted by Crippen LogP contribution is 2.34. The highest BCUT2D eigenvalue weighted by atomic mass is 127. The van der Waals surface area contributed by atoms with Crippen molar-refractivity contribution in [3.63, 3.8) is 0 Å². The fourth-order valence-corrected chi connectivity index (χ4v) is 4.65. The van der Waals surface area contributed by atoms with E-state index in [-0.39, 0.29) is 81.9 Å². The number of amides is 2. The first-order chi connectivity index (χ1) is 26.7. The summed E-state index contributed by atoms with van der Waals surface area (Å²) < 4.78 is 92.6. The number of carbonyl (C=O) groups is 4. The summed E-state index contributed by atoms with van der Waals surface area (Å²) in [6.45, 7) is 3.08. The van der Waals surface area contributed by atoms with Gasteiger partial charge in [0.1, 0.15) is 18.1 Å². The number of aliphatic hydroxyl groups excluding tert-OH is 1. The lowest BCUT2D eigenvalue weighted by Gasteiger charge is -2.19. The largest absolute Gasteiger partial charge is 0.476 e. The number of alkyl halides is 6. The van der Waals surface area contributed by atoms with Crippen LogP contribution in [0, 0.1) is 0 Å². The van der Waals surface area contributed by atoms with Crippen LogP contribution >= 0.6 is 58.8 Å². The van der Waals surface area contributed by atoms with E-state index in [1.807, 2.05) is 0 Å². The van der Waals surface area contributed by atoms with Gasteiger partial charge >= 0.3 is 18.3 Å². The minimum Gasteiger partial charge on any atom is -0.476 e. The second kappa shape index (κ2) is 28.3. The van der Waals surface area contributed by atoms with E-state index >= 15 is 0 Å². The zero-order chi connectivity index (χ0) is 42.8. The van der Waals surface area contributed by atoms with Crippen LogP contribution in [0.4, 0.5) is 26.3 Å². The van der Waals surface area contributed by atoms with E-state index in [1.165, 1.54) is 86.6 Å². The van der Waals surface area contributed by atoms with Crippen LogP contribution in [-0.2, 0) is 36.3 Å². The Bertz CT molecular complexity index is 1920. The molecule has 10 nitrogen and oxygen atoms in total. The number of nitrogens with one attached hydrogen (secondary N) is 2. The maximum Gasteiger partial charge on any atom is 0.416 e. The minimum absolute atomic E-state index is 0. The highest BCUT2D eigenvalue weighted by Gasteiger charge is 2.32. The van der Waals surface area contributed by atoms with E-state index in [0.717, 1.165) is 24.3 Å². The number of benzene rings is 4. The molecule has 4 aromatic carbocycles. The average molecular weight is 1030 g/mol. The number of hydrogen-bond donors (Lipinski definition) is 3. The second-order valence-corrected chi connectivity index (χ2v) is 12.6. The van der Waals surface area contributed by atoms with Crippen molar-refractivity contribution in [2.75, 3.05) is 26.3 Å². The van der Waals surface area contributed by atoms with E-state index in [9.17, 15) is 45.5 Å². The van der Waals surface area contributed by atoms with Crippen LogP contribution in [-0.4, -0.2) is 54.4 Å². The summed E-state index contributed by atoms with van der Waals surface area (Å²) in [5, 5.41) is 13.0. The van der Waals surface area contributed by atoms with Gasteiger partial charge in [0.05, 0.1) is 24.3 Å². The molecule has 60 heavy (non-hydrogen) atoms. The third kappa shape index (κ3) is 21.8. The lowest BCUT2D eigenvalue weighted by Crippen LogP contribution is -2.28. The van der Waals surface area contributed by atoms with Gasteiger partial charge in [-0.15, -0.1) is 24.0 Å². The standard InChI is InChI=1S/C19H17ClF3NO4.C15H9Cl2F3O2.C4H9NO2.2CH4.HI/c1-12(25)24-9-10-27-18(26)17(13-5-7-15(20)8-6-13)28-16-4-2-3-14(11-16)19(21,22)23;16-11-6-4-9(5-7-11)13(14(17)21)22-12-3-1-2-10(8-12)15(18,19)20;1-4(7)5-2-3-6;;;/h2-8,11,17H,9-10H2,1H3,(H,24,25);1-8,13H;6H,2-3H2,1H3,(H,5,7);2*1H4;1H/t17-;13-;;;;/m11..../s1. The molecule has 0 aromatic heterocycles. The molecule has 0 saturated carbocycles. The Balaban J connectivity index is 0. The molecule has 2 atom stereocenters. The molecule has 2 amide bonds. The third-order valence-corrected chi connectivity index (χ3v) is 7.50. The summed E-state index contributed by atoms with van der Waals surface area (Å²) in [5.74, 6) is -1.46. The predicted octanol–water partition coefficient (Wildman–Crippen LogP) is 10.4. The van der Waals surface area contributed by atoms with Crippen LogP contribution in [0.3, 0.4) is 0 Å². The maximum atomic E-state index is 12.9. The SMILES string of the molecule is C.C.CC(=O)NCCO.CC(=O)NCCOC(=O)[C@H](Oc1cccc(C(F)(F)F)c1)c1ccc(Cl)cc1.I.O=C(Cl)[C@H](Oc1cccc(C(F)(F)F)c1)c1ccc(Cl)cc1. The highest BCUT2D eigenvalue weighted by molar-refractivity contribution is 14.0. The number of rotatable bonds is 13. The molecule has 4 aromatic rings. The molecule has 4 rings (SSSR count). The molecule has 0 fully saturated rings. The van der Waals surface area contributed by atoms with Gasteiger partial charge in [-0.05, 0) is 72.3 Å². The van der Waals surface area contributed by atoms with Crippen LogP contribution in [0.2, 0.25) is 10.0 Å². The van der Waals surface area contributed by atoms with Crippen LogP contribution < -0.4 is 20.1 Å². The first kappa shape index (κ1) is 57.8. The average Bonchev–Trinajstić information content (AvgIpc) is 3.14. The van der Waals surface area contributed by atoms with E-state index in [0.29, 0.717) is 27.7 Å². The molecule has 0 unspecified atom stereocenters. The molecule has 0 aliphatic carbocycles. The summed E-state index contributed by atoms with van der Waals surface area (Å²) in [6, 6.07) is 20.5. The zero-order valence-electron chi connectivity index (χ0n) is 30.3. The molecule has 332 valence electrons. The lowest BCUT2D eigenvalue weighted by atomic mass is 10.1. The van der Waals surface area contributed by atoms with Gasteiger partial charge in [-0.3, -0.25) is 14.4 Å². The van der Waals surface area contributed by atoms with Crippen molar-refractivity contribution in [1.29, 1.82) is 0 Å². The lowest BCUT2D eigenvalue weighted by molar-refractivity contribution is -0.152. The van der Waals surface area contributed by atoms with Crippen LogP contribution in [0.15, 0.2) is 97.1 Å². The van der Waals surface area contributed by atoms with Crippen molar-refractivity contribution in [2.45, 2.75) is 53.3 Å². The second-order valence-electron chi connectivity index (χ2n) is 11.3. The molecular formula is C40H44Cl3F6IN2O8. The van der Waals surface area contributed by atoms with Gasteiger partial charge in [0, 0.05) is 41.6 Å². The number of halogens is 10. The van der Waals surface area contributed by atoms with Crippen molar-refractivity contribution in [3.05, 3.63) is 129 Å². The molecule has 0 saturated heterocycles. The molecule has 20 heteroatoms. The minimum atomic E-state index is -4.55. The van der Waals surface area contributed by atoms with Gasteiger partial charge in [-0.25, -0.2) is 4.79 Å². The number of ether oxygens (including phenoxy) is 3. The predicted molar refractivity (Wildman–Crippen MR) is 228 cm³/mol. The molecule has 0 heterocycles. The van der Waals surface area contributed by atoms with Gasteiger partial charge in [0.15, 0.2) is 6.10 Å². The molecule has 0 radical (unpaired) electrons. The van der Waals surface area contributed by atoms with Crippen molar-refractivity contribution in [1.82, 2.24) is 10.6 Å². The number of esters is 1.